The van der Waals surface area contributed by atoms with E-state index in [-0.39, 0.29) is 24.5 Å². The topological polar surface area (TPSA) is 81.8 Å². The van der Waals surface area contributed by atoms with Crippen LogP contribution in [0.5, 0.6) is 5.75 Å². The number of carbonyl (C=O) groups is 1. The first-order valence-electron chi connectivity index (χ1n) is 10.2. The zero-order valence-electron chi connectivity index (χ0n) is 19.0. The summed E-state index contributed by atoms with van der Waals surface area (Å²) in [6, 6.07) is 6.00. The summed E-state index contributed by atoms with van der Waals surface area (Å²) in [5, 5.41) is 2.33. The van der Waals surface area contributed by atoms with Gasteiger partial charge >= 0.3 is 6.18 Å². The van der Waals surface area contributed by atoms with Gasteiger partial charge in [-0.1, -0.05) is 30.0 Å². The van der Waals surface area contributed by atoms with Crippen LogP contribution < -0.4 is 4.74 Å². The molecule has 184 valence electrons. The number of allylic oxidation sites excluding steroid dienone is 1. The smallest absolute Gasteiger partial charge is 0.419 e. The van der Waals surface area contributed by atoms with Crippen molar-refractivity contribution < 1.29 is 31.5 Å². The van der Waals surface area contributed by atoms with E-state index in [4.69, 9.17) is 9.15 Å². The maximum atomic E-state index is 14.0. The molecule has 0 fully saturated rings. The largest absolute Gasteiger partial charge is 0.488 e. The first-order chi connectivity index (χ1) is 16.4. The van der Waals surface area contributed by atoms with Crippen LogP contribution in [0.2, 0.25) is 0 Å². The predicted octanol–water partition coefficient (Wildman–Crippen LogP) is 7.21. The van der Waals surface area contributed by atoms with E-state index in [1.165, 1.54) is 17.8 Å². The summed E-state index contributed by atoms with van der Waals surface area (Å²) in [5.41, 5.74) is 1.27. The number of halogens is 4. The molecule has 0 aliphatic rings. The van der Waals surface area contributed by atoms with Crippen LogP contribution in [0, 0.1) is 17.6 Å². The molecule has 1 aromatic heterocycles. The van der Waals surface area contributed by atoms with E-state index in [1.54, 1.807) is 19.1 Å². The SMILES string of the molecule is C=C(SC(COc1ccc2nc(CC(=O)N=O)oc2c1C)=C(C)C)c1ccc(C(F)(F)F)c(F)c1. The van der Waals surface area contributed by atoms with Crippen molar-refractivity contribution in [1.29, 1.82) is 0 Å². The highest BCUT2D eigenvalue weighted by molar-refractivity contribution is 8.11. The molecule has 0 aliphatic carbocycles. The van der Waals surface area contributed by atoms with Crippen LogP contribution in [0.3, 0.4) is 0 Å². The molecule has 0 N–H and O–H groups in total. The number of hydrogen-bond acceptors (Lipinski definition) is 6. The number of fused-ring (bicyclic) bond motifs is 1. The number of aromatic nitrogens is 1. The molecule has 0 saturated carbocycles. The normalized spacial score (nSPS) is 11.4. The molecule has 0 saturated heterocycles. The number of rotatable bonds is 8. The molecular weight excluding hydrogens is 488 g/mol. The lowest BCUT2D eigenvalue weighted by Gasteiger charge is -2.15. The van der Waals surface area contributed by atoms with Crippen molar-refractivity contribution in [3.8, 4) is 5.75 Å². The fourth-order valence-electron chi connectivity index (χ4n) is 3.09. The molecule has 1 heterocycles. The number of thioether (sulfide) groups is 1. The van der Waals surface area contributed by atoms with Crippen molar-refractivity contribution in [2.75, 3.05) is 6.61 Å². The standard InChI is InChI=1S/C24H20F4N2O4S/c1-12(2)20(35-14(4)15-5-6-16(17(25)9-15)24(26,27)28)11-33-19-8-7-18-23(13(19)3)34-22(29-18)10-21(31)30-32/h5-9H,4,10-11H2,1-3H3. The van der Waals surface area contributed by atoms with Crippen LogP contribution in [-0.2, 0) is 17.4 Å². The summed E-state index contributed by atoms with van der Waals surface area (Å²) in [4.78, 5) is 26.8. The van der Waals surface area contributed by atoms with E-state index >= 15 is 0 Å². The van der Waals surface area contributed by atoms with Crippen molar-refractivity contribution in [2.45, 2.75) is 33.4 Å². The molecule has 3 aromatic rings. The fraction of sp³-hybridized carbons (Fsp3) is 0.250. The molecule has 0 bridgehead atoms. The monoisotopic (exact) mass is 508 g/mol. The summed E-state index contributed by atoms with van der Waals surface area (Å²) in [7, 11) is 0. The Morgan fingerprint density at radius 2 is 1.94 bits per heavy atom. The second kappa shape index (κ2) is 10.4. The third kappa shape index (κ3) is 6.16. The minimum atomic E-state index is -4.78. The molecule has 11 heteroatoms. The predicted molar refractivity (Wildman–Crippen MR) is 125 cm³/mol. The molecule has 6 nitrogen and oxygen atoms in total. The number of hydrogen-bond donors (Lipinski definition) is 0. The van der Waals surface area contributed by atoms with E-state index < -0.39 is 23.5 Å². The van der Waals surface area contributed by atoms with Crippen LogP contribution >= 0.6 is 11.8 Å². The fourth-order valence-corrected chi connectivity index (χ4v) is 3.95. The minimum Gasteiger partial charge on any atom is -0.488 e. The highest BCUT2D eigenvalue weighted by Gasteiger charge is 2.34. The van der Waals surface area contributed by atoms with Crippen molar-refractivity contribution in [3.05, 3.63) is 80.7 Å². The molecular formula is C24H20F4N2O4S. The molecule has 0 spiro atoms. The van der Waals surface area contributed by atoms with Gasteiger partial charge < -0.3 is 9.15 Å². The van der Waals surface area contributed by atoms with Crippen LogP contribution in [-0.4, -0.2) is 17.5 Å². The third-order valence-electron chi connectivity index (χ3n) is 4.96. The Kier molecular flexibility index (Phi) is 7.79. The van der Waals surface area contributed by atoms with E-state index in [1.807, 2.05) is 13.8 Å². The molecule has 1 amide bonds. The molecule has 0 radical (unpaired) electrons. The van der Waals surface area contributed by atoms with Crippen LogP contribution in [0.4, 0.5) is 17.6 Å². The number of nitrogens with zero attached hydrogens (tertiary/aromatic N) is 2. The van der Waals surface area contributed by atoms with Gasteiger partial charge in [-0.2, -0.15) is 13.2 Å². The lowest BCUT2D eigenvalue weighted by molar-refractivity contribution is -0.140. The van der Waals surface area contributed by atoms with Gasteiger partial charge in [0.15, 0.2) is 5.58 Å². The molecule has 3 rings (SSSR count). The first-order valence-corrected chi connectivity index (χ1v) is 11.0. The number of aryl methyl sites for hydroxylation is 1. The Labute approximate surface area is 202 Å². The number of amides is 1. The summed E-state index contributed by atoms with van der Waals surface area (Å²) >= 11 is 1.17. The van der Waals surface area contributed by atoms with Crippen LogP contribution in [0.25, 0.3) is 16.0 Å². The second-order valence-electron chi connectivity index (χ2n) is 7.74. The van der Waals surface area contributed by atoms with Gasteiger partial charge in [0.05, 0.1) is 5.56 Å². The van der Waals surface area contributed by atoms with Gasteiger partial charge in [0.25, 0.3) is 5.91 Å². The van der Waals surface area contributed by atoms with Crippen molar-refractivity contribution in [2.24, 2.45) is 5.18 Å². The molecule has 0 atom stereocenters. The number of ether oxygens (including phenoxy) is 1. The highest BCUT2D eigenvalue weighted by Crippen LogP contribution is 2.38. The van der Waals surface area contributed by atoms with E-state index in [0.717, 1.165) is 16.5 Å². The zero-order chi connectivity index (χ0) is 25.9. The lowest BCUT2D eigenvalue weighted by Crippen LogP contribution is -2.08. The molecule has 2 aromatic carbocycles. The summed E-state index contributed by atoms with van der Waals surface area (Å²) in [5.74, 6) is -1.73. The third-order valence-corrected chi connectivity index (χ3v) is 6.22. The van der Waals surface area contributed by atoms with Crippen LogP contribution in [0.15, 0.2) is 57.0 Å². The Morgan fingerprint density at radius 3 is 2.54 bits per heavy atom. The Balaban J connectivity index is 1.75. The van der Waals surface area contributed by atoms with Crippen LogP contribution in [0.1, 0.15) is 36.4 Å². The Morgan fingerprint density at radius 1 is 1.23 bits per heavy atom. The van der Waals surface area contributed by atoms with E-state index in [0.29, 0.717) is 33.4 Å². The van der Waals surface area contributed by atoms with Gasteiger partial charge in [-0.3, -0.25) is 4.79 Å². The second-order valence-corrected chi connectivity index (χ2v) is 8.93. The molecule has 0 aliphatic heterocycles. The van der Waals surface area contributed by atoms with Crippen molar-refractivity contribution in [1.82, 2.24) is 4.98 Å². The van der Waals surface area contributed by atoms with E-state index in [9.17, 15) is 27.3 Å². The van der Waals surface area contributed by atoms with Gasteiger partial charge in [-0.15, -0.1) is 4.91 Å². The molecule has 0 unspecified atom stereocenters. The number of oxazole rings is 1. The van der Waals surface area contributed by atoms with Gasteiger partial charge in [-0.05, 0) is 50.6 Å². The van der Waals surface area contributed by atoms with Gasteiger partial charge in [-0.25, -0.2) is 9.37 Å². The number of alkyl halides is 3. The summed E-state index contributed by atoms with van der Waals surface area (Å²) < 4.78 is 64.0. The van der Waals surface area contributed by atoms with Crippen molar-refractivity contribution >= 4 is 33.7 Å². The molecule has 35 heavy (non-hydrogen) atoms. The van der Waals surface area contributed by atoms with Crippen molar-refractivity contribution in [3.63, 3.8) is 0 Å². The Hall–Kier alpha value is -3.47. The van der Waals surface area contributed by atoms with Gasteiger partial charge in [0.2, 0.25) is 5.89 Å². The number of carbonyl (C=O) groups excluding carboxylic acids is 1. The van der Waals surface area contributed by atoms with Gasteiger partial charge in [0.1, 0.15) is 30.1 Å². The minimum absolute atomic E-state index is 0.0606. The average Bonchev–Trinajstić information content (AvgIpc) is 3.19. The summed E-state index contributed by atoms with van der Waals surface area (Å²) in [6.07, 6.45) is -5.13. The number of benzene rings is 2. The highest BCUT2D eigenvalue weighted by atomic mass is 32.2. The quantitative estimate of drug-likeness (QED) is 0.236. The maximum absolute atomic E-state index is 14.0. The lowest BCUT2D eigenvalue weighted by atomic mass is 10.1. The first kappa shape index (κ1) is 26.1. The Bertz CT molecular complexity index is 1340. The average molecular weight is 508 g/mol. The summed E-state index contributed by atoms with van der Waals surface area (Å²) in [6.45, 7) is 9.39. The van der Waals surface area contributed by atoms with Gasteiger partial charge in [0, 0.05) is 20.6 Å². The zero-order valence-corrected chi connectivity index (χ0v) is 19.8. The van der Waals surface area contributed by atoms with E-state index in [2.05, 4.69) is 16.7 Å². The maximum Gasteiger partial charge on any atom is 0.419 e. The number of nitroso groups, excluding NO2 is 1.